The highest BCUT2D eigenvalue weighted by atomic mass is 35.5. The number of rotatable bonds is 3. The average molecular weight is 319 g/mol. The Morgan fingerprint density at radius 2 is 2.32 bits per heavy atom. The van der Waals surface area contributed by atoms with Gasteiger partial charge in [-0.25, -0.2) is 4.98 Å². The number of methoxy groups -OCH3 is 1. The van der Waals surface area contributed by atoms with E-state index >= 15 is 0 Å². The summed E-state index contributed by atoms with van der Waals surface area (Å²) < 4.78 is 7.38. The van der Waals surface area contributed by atoms with Crippen molar-refractivity contribution >= 4 is 17.4 Å². The molecule has 0 amide bonds. The molecular formula is C14H15ClN6O. The predicted molar refractivity (Wildman–Crippen MR) is 80.5 cm³/mol. The van der Waals surface area contributed by atoms with Gasteiger partial charge in [0, 0.05) is 33.3 Å². The summed E-state index contributed by atoms with van der Waals surface area (Å²) in [6.07, 6.45) is 4.03. The lowest BCUT2D eigenvalue weighted by Gasteiger charge is -2.25. The molecule has 1 aliphatic heterocycles. The van der Waals surface area contributed by atoms with E-state index in [1.807, 2.05) is 17.7 Å². The topological polar surface area (TPSA) is 79.9 Å². The number of ether oxygens (including phenoxy) is 1. The first kappa shape index (κ1) is 14.8. The molecule has 22 heavy (non-hydrogen) atoms. The van der Waals surface area contributed by atoms with Gasteiger partial charge in [-0.15, -0.1) is 10.2 Å². The first-order valence-corrected chi connectivity index (χ1v) is 7.20. The van der Waals surface area contributed by atoms with Crippen LogP contribution in [-0.2, 0) is 11.8 Å². The largest absolute Gasteiger partial charge is 0.380 e. The molecule has 0 aliphatic carbocycles. The van der Waals surface area contributed by atoms with Crippen molar-refractivity contribution in [1.82, 2.24) is 19.7 Å². The second kappa shape index (κ2) is 5.91. The Morgan fingerprint density at radius 1 is 1.50 bits per heavy atom. The summed E-state index contributed by atoms with van der Waals surface area (Å²) in [5.41, 5.74) is 0.437. The van der Waals surface area contributed by atoms with E-state index in [2.05, 4.69) is 20.1 Å². The number of aryl methyl sites for hydroxylation is 1. The third-order valence-electron chi connectivity index (χ3n) is 3.86. The number of nitriles is 1. The van der Waals surface area contributed by atoms with Crippen molar-refractivity contribution < 1.29 is 4.74 Å². The van der Waals surface area contributed by atoms with Gasteiger partial charge in [-0.2, -0.15) is 5.26 Å². The van der Waals surface area contributed by atoms with Crippen molar-refractivity contribution in [2.75, 3.05) is 18.6 Å². The Bertz CT molecular complexity index is 724. The molecule has 114 valence electrons. The van der Waals surface area contributed by atoms with Gasteiger partial charge in [0.05, 0.1) is 22.7 Å². The lowest BCUT2D eigenvalue weighted by atomic mass is 10.2. The zero-order chi connectivity index (χ0) is 15.7. The number of hydrogen-bond donors (Lipinski definition) is 0. The molecule has 1 fully saturated rings. The second-order valence-electron chi connectivity index (χ2n) is 5.20. The molecule has 0 N–H and O–H groups in total. The number of hydrogen-bond acceptors (Lipinski definition) is 6. The summed E-state index contributed by atoms with van der Waals surface area (Å²) in [6.45, 7) is 0.659. The maximum absolute atomic E-state index is 8.93. The zero-order valence-corrected chi connectivity index (χ0v) is 13.0. The van der Waals surface area contributed by atoms with Gasteiger partial charge in [-0.1, -0.05) is 11.6 Å². The molecular weight excluding hydrogens is 304 g/mol. The van der Waals surface area contributed by atoms with Crippen LogP contribution in [0.1, 0.15) is 23.9 Å². The number of anilines is 1. The first-order valence-electron chi connectivity index (χ1n) is 6.83. The van der Waals surface area contributed by atoms with Gasteiger partial charge in [-0.3, -0.25) is 0 Å². The second-order valence-corrected chi connectivity index (χ2v) is 5.61. The quantitative estimate of drug-likeness (QED) is 0.857. The normalized spacial score (nSPS) is 21.1. The highest BCUT2D eigenvalue weighted by Crippen LogP contribution is 2.38. The molecule has 0 unspecified atom stereocenters. The van der Waals surface area contributed by atoms with Crippen LogP contribution >= 0.6 is 11.6 Å². The molecule has 7 nitrogen and oxygen atoms in total. The van der Waals surface area contributed by atoms with Crippen LogP contribution in [0.4, 0.5) is 5.82 Å². The standard InChI is InChI=1S/C14H15ClN6O/c1-20-8-18-19-14(20)12-4-10(22-2)7-21(12)13-11(15)3-9(5-16)6-17-13/h3,6,8,10,12H,4,7H2,1-2H3/t10-,12+/m1/s1. The van der Waals surface area contributed by atoms with Gasteiger partial charge in [-0.05, 0) is 6.07 Å². The van der Waals surface area contributed by atoms with Crippen molar-refractivity contribution in [3.8, 4) is 6.07 Å². The smallest absolute Gasteiger partial charge is 0.155 e. The van der Waals surface area contributed by atoms with E-state index < -0.39 is 0 Å². The molecule has 1 aliphatic rings. The molecule has 3 heterocycles. The Kier molecular flexibility index (Phi) is 3.96. The summed E-state index contributed by atoms with van der Waals surface area (Å²) >= 11 is 6.31. The van der Waals surface area contributed by atoms with Crippen molar-refractivity contribution in [2.24, 2.45) is 7.05 Å². The maximum atomic E-state index is 8.93. The van der Waals surface area contributed by atoms with Crippen molar-refractivity contribution in [2.45, 2.75) is 18.6 Å². The summed E-state index contributed by atoms with van der Waals surface area (Å²) in [4.78, 5) is 6.41. The fourth-order valence-electron chi connectivity index (χ4n) is 2.74. The first-order chi connectivity index (χ1) is 10.6. The fraction of sp³-hybridized carbons (Fsp3) is 0.429. The highest BCUT2D eigenvalue weighted by molar-refractivity contribution is 6.33. The Balaban J connectivity index is 2.00. The number of pyridine rings is 1. The summed E-state index contributed by atoms with van der Waals surface area (Å²) in [6, 6.07) is 3.64. The van der Waals surface area contributed by atoms with Gasteiger partial charge in [0.2, 0.25) is 0 Å². The lowest BCUT2D eigenvalue weighted by molar-refractivity contribution is 0.118. The predicted octanol–water partition coefficient (Wildman–Crippen LogP) is 1.70. The van der Waals surface area contributed by atoms with Crippen LogP contribution in [0.3, 0.4) is 0 Å². The molecule has 2 aromatic rings. The van der Waals surface area contributed by atoms with E-state index in [4.69, 9.17) is 21.6 Å². The number of halogens is 1. The van der Waals surface area contributed by atoms with Crippen molar-refractivity contribution in [1.29, 1.82) is 5.26 Å². The third kappa shape index (κ3) is 2.51. The van der Waals surface area contributed by atoms with Gasteiger partial charge in [0.15, 0.2) is 5.82 Å². The van der Waals surface area contributed by atoms with Crippen LogP contribution in [0.2, 0.25) is 5.02 Å². The molecule has 0 aromatic carbocycles. The van der Waals surface area contributed by atoms with E-state index in [1.165, 1.54) is 6.20 Å². The average Bonchev–Trinajstić information content (AvgIpc) is 3.12. The van der Waals surface area contributed by atoms with Crippen LogP contribution in [0, 0.1) is 11.3 Å². The van der Waals surface area contributed by atoms with Gasteiger partial charge < -0.3 is 14.2 Å². The van der Waals surface area contributed by atoms with Crippen LogP contribution in [-0.4, -0.2) is 39.5 Å². The van der Waals surface area contributed by atoms with Crippen LogP contribution < -0.4 is 4.90 Å². The van der Waals surface area contributed by atoms with Crippen molar-refractivity contribution in [3.05, 3.63) is 35.0 Å². The van der Waals surface area contributed by atoms with E-state index in [9.17, 15) is 0 Å². The van der Waals surface area contributed by atoms with Gasteiger partial charge >= 0.3 is 0 Å². The van der Waals surface area contributed by atoms with Crippen molar-refractivity contribution in [3.63, 3.8) is 0 Å². The molecule has 0 saturated carbocycles. The van der Waals surface area contributed by atoms with E-state index in [0.29, 0.717) is 22.9 Å². The monoisotopic (exact) mass is 318 g/mol. The Morgan fingerprint density at radius 3 is 2.91 bits per heavy atom. The molecule has 8 heteroatoms. The minimum absolute atomic E-state index is 0.0182. The minimum Gasteiger partial charge on any atom is -0.380 e. The van der Waals surface area contributed by atoms with Gasteiger partial charge in [0.25, 0.3) is 0 Å². The molecule has 1 saturated heterocycles. The van der Waals surface area contributed by atoms with E-state index in [1.54, 1.807) is 19.5 Å². The lowest BCUT2D eigenvalue weighted by Crippen LogP contribution is -2.27. The van der Waals surface area contributed by atoms with E-state index in [-0.39, 0.29) is 12.1 Å². The summed E-state index contributed by atoms with van der Waals surface area (Å²) in [5, 5.41) is 17.5. The molecule has 0 spiro atoms. The fourth-order valence-corrected chi connectivity index (χ4v) is 3.02. The van der Waals surface area contributed by atoms with Crippen LogP contribution in [0.5, 0.6) is 0 Å². The van der Waals surface area contributed by atoms with Crippen LogP contribution in [0.25, 0.3) is 0 Å². The molecule has 0 radical (unpaired) electrons. The Labute approximate surface area is 133 Å². The molecule has 2 atom stereocenters. The van der Waals surface area contributed by atoms with Gasteiger partial charge in [0.1, 0.15) is 18.2 Å². The SMILES string of the molecule is CO[C@@H]1C[C@@H](c2nncn2C)N(c2ncc(C#N)cc2Cl)C1. The maximum Gasteiger partial charge on any atom is 0.155 e. The molecule has 2 aromatic heterocycles. The number of aromatic nitrogens is 4. The summed E-state index contributed by atoms with van der Waals surface area (Å²) in [7, 11) is 3.59. The third-order valence-corrected chi connectivity index (χ3v) is 4.14. The van der Waals surface area contributed by atoms with Crippen LogP contribution in [0.15, 0.2) is 18.6 Å². The highest BCUT2D eigenvalue weighted by Gasteiger charge is 2.37. The minimum atomic E-state index is -0.0182. The summed E-state index contributed by atoms with van der Waals surface area (Å²) in [5.74, 6) is 1.47. The molecule has 0 bridgehead atoms. The number of nitrogens with zero attached hydrogens (tertiary/aromatic N) is 6. The molecule has 3 rings (SSSR count). The van der Waals surface area contributed by atoms with E-state index in [0.717, 1.165) is 12.2 Å². The Hall–Kier alpha value is -2.17. The zero-order valence-electron chi connectivity index (χ0n) is 12.3.